The van der Waals surface area contributed by atoms with E-state index in [9.17, 15) is 9.90 Å². The molecule has 1 aliphatic rings. The summed E-state index contributed by atoms with van der Waals surface area (Å²) in [4.78, 5) is 12.8. The molecule has 2 rings (SSSR count). The fourth-order valence-electron chi connectivity index (χ4n) is 2.58. The second-order valence-corrected chi connectivity index (χ2v) is 4.37. The average Bonchev–Trinajstić information content (AvgIpc) is 2.38. The van der Waals surface area contributed by atoms with Crippen molar-refractivity contribution in [3.8, 4) is 0 Å². The van der Waals surface area contributed by atoms with Gasteiger partial charge in [-0.25, -0.2) is 4.79 Å². The fourth-order valence-corrected chi connectivity index (χ4v) is 2.58. The molecular formula is C13H18N2O2. The third-order valence-electron chi connectivity index (χ3n) is 3.39. The van der Waals surface area contributed by atoms with E-state index in [4.69, 9.17) is 0 Å². The van der Waals surface area contributed by atoms with Crippen LogP contribution in [-0.2, 0) is 0 Å². The first-order valence-corrected chi connectivity index (χ1v) is 5.96. The van der Waals surface area contributed by atoms with Crippen molar-refractivity contribution in [2.45, 2.75) is 24.9 Å². The molecule has 0 aromatic heterocycles. The molecule has 0 radical (unpaired) electrons. The SMILES string of the molecule is CN[C@@H]1CCCN(C(=O)O)[C@H]1c1ccccc1. The van der Waals surface area contributed by atoms with Crippen molar-refractivity contribution in [3.05, 3.63) is 35.9 Å². The highest BCUT2D eigenvalue weighted by atomic mass is 16.4. The third-order valence-corrected chi connectivity index (χ3v) is 3.39. The van der Waals surface area contributed by atoms with Gasteiger partial charge in [-0.15, -0.1) is 0 Å². The maximum Gasteiger partial charge on any atom is 0.407 e. The Bertz CT molecular complexity index is 380. The largest absolute Gasteiger partial charge is 0.465 e. The first-order valence-electron chi connectivity index (χ1n) is 5.96. The molecule has 4 nitrogen and oxygen atoms in total. The smallest absolute Gasteiger partial charge is 0.407 e. The Morgan fingerprint density at radius 3 is 2.71 bits per heavy atom. The van der Waals surface area contributed by atoms with Crippen LogP contribution in [0.1, 0.15) is 24.4 Å². The van der Waals surface area contributed by atoms with Crippen LogP contribution < -0.4 is 5.32 Å². The van der Waals surface area contributed by atoms with Crippen LogP contribution in [0.15, 0.2) is 30.3 Å². The highest BCUT2D eigenvalue weighted by Gasteiger charge is 2.34. The summed E-state index contributed by atoms with van der Waals surface area (Å²) in [5.41, 5.74) is 1.06. The van der Waals surface area contributed by atoms with Crippen molar-refractivity contribution in [1.82, 2.24) is 10.2 Å². The quantitative estimate of drug-likeness (QED) is 0.823. The van der Waals surface area contributed by atoms with E-state index in [0.29, 0.717) is 6.54 Å². The lowest BCUT2D eigenvalue weighted by atomic mass is 9.91. The molecule has 1 fully saturated rings. The van der Waals surface area contributed by atoms with E-state index in [1.165, 1.54) is 0 Å². The topological polar surface area (TPSA) is 52.6 Å². The first-order chi connectivity index (χ1) is 8.24. The molecule has 4 heteroatoms. The first kappa shape index (κ1) is 11.9. The van der Waals surface area contributed by atoms with Crippen LogP contribution in [0.3, 0.4) is 0 Å². The maximum absolute atomic E-state index is 11.3. The van der Waals surface area contributed by atoms with Gasteiger partial charge in [0, 0.05) is 12.6 Å². The van der Waals surface area contributed by atoms with Gasteiger partial charge in [0.15, 0.2) is 0 Å². The van der Waals surface area contributed by atoms with Gasteiger partial charge in [-0.2, -0.15) is 0 Å². The molecule has 0 unspecified atom stereocenters. The van der Waals surface area contributed by atoms with Gasteiger partial charge in [-0.1, -0.05) is 30.3 Å². The molecule has 0 saturated carbocycles. The van der Waals surface area contributed by atoms with Gasteiger partial charge >= 0.3 is 6.09 Å². The summed E-state index contributed by atoms with van der Waals surface area (Å²) >= 11 is 0. The van der Waals surface area contributed by atoms with Crippen LogP contribution in [0.4, 0.5) is 4.79 Å². The number of carbonyl (C=O) groups is 1. The molecule has 2 atom stereocenters. The number of rotatable bonds is 2. The number of piperidine rings is 1. The van der Waals surface area contributed by atoms with Crippen molar-refractivity contribution in [2.75, 3.05) is 13.6 Å². The summed E-state index contributed by atoms with van der Waals surface area (Å²) in [5.74, 6) is 0. The van der Waals surface area contributed by atoms with Crippen molar-refractivity contribution in [3.63, 3.8) is 0 Å². The van der Waals surface area contributed by atoms with Gasteiger partial charge in [0.05, 0.1) is 6.04 Å². The van der Waals surface area contributed by atoms with E-state index < -0.39 is 6.09 Å². The molecule has 0 spiro atoms. The lowest BCUT2D eigenvalue weighted by Gasteiger charge is -2.40. The number of nitrogens with one attached hydrogen (secondary N) is 1. The van der Waals surface area contributed by atoms with Gasteiger partial charge in [-0.05, 0) is 25.5 Å². The maximum atomic E-state index is 11.3. The van der Waals surface area contributed by atoms with Crippen LogP contribution in [0.5, 0.6) is 0 Å². The molecule has 1 aromatic carbocycles. The zero-order valence-electron chi connectivity index (χ0n) is 9.97. The van der Waals surface area contributed by atoms with E-state index in [0.717, 1.165) is 18.4 Å². The number of amides is 1. The molecule has 92 valence electrons. The van der Waals surface area contributed by atoms with E-state index in [1.54, 1.807) is 4.90 Å². The van der Waals surface area contributed by atoms with E-state index >= 15 is 0 Å². The molecule has 1 aliphatic heterocycles. The zero-order valence-corrected chi connectivity index (χ0v) is 9.97. The molecule has 17 heavy (non-hydrogen) atoms. The molecule has 1 amide bonds. The van der Waals surface area contributed by atoms with Crippen LogP contribution in [0.25, 0.3) is 0 Å². The van der Waals surface area contributed by atoms with Gasteiger partial charge in [-0.3, -0.25) is 4.90 Å². The van der Waals surface area contributed by atoms with Crippen molar-refractivity contribution in [2.24, 2.45) is 0 Å². The van der Waals surface area contributed by atoms with Crippen LogP contribution in [-0.4, -0.2) is 35.7 Å². The Balaban J connectivity index is 2.32. The molecule has 0 bridgehead atoms. The Hall–Kier alpha value is -1.55. The number of carboxylic acid groups (broad SMARTS) is 1. The Morgan fingerprint density at radius 2 is 2.12 bits per heavy atom. The lowest BCUT2D eigenvalue weighted by Crippen LogP contribution is -2.49. The molecule has 1 saturated heterocycles. The summed E-state index contributed by atoms with van der Waals surface area (Å²) < 4.78 is 0. The van der Waals surface area contributed by atoms with E-state index in [-0.39, 0.29) is 12.1 Å². The van der Waals surface area contributed by atoms with Crippen LogP contribution >= 0.6 is 0 Å². The summed E-state index contributed by atoms with van der Waals surface area (Å²) in [7, 11) is 1.89. The van der Waals surface area contributed by atoms with E-state index in [1.807, 2.05) is 37.4 Å². The van der Waals surface area contributed by atoms with Crippen molar-refractivity contribution < 1.29 is 9.90 Å². The zero-order chi connectivity index (χ0) is 12.3. The van der Waals surface area contributed by atoms with Crippen molar-refractivity contribution in [1.29, 1.82) is 0 Å². The number of nitrogens with zero attached hydrogens (tertiary/aromatic N) is 1. The monoisotopic (exact) mass is 234 g/mol. The Morgan fingerprint density at radius 1 is 1.41 bits per heavy atom. The lowest BCUT2D eigenvalue weighted by molar-refractivity contribution is 0.0911. The predicted octanol–water partition coefficient (Wildman–Crippen LogP) is 2.09. The van der Waals surface area contributed by atoms with Gasteiger partial charge in [0.1, 0.15) is 0 Å². The molecule has 1 aromatic rings. The summed E-state index contributed by atoms with van der Waals surface area (Å²) in [6.07, 6.45) is 1.10. The van der Waals surface area contributed by atoms with Gasteiger partial charge < -0.3 is 10.4 Å². The predicted molar refractivity (Wildman–Crippen MR) is 66.0 cm³/mol. The minimum absolute atomic E-state index is 0.0764. The number of likely N-dealkylation sites (N-methyl/N-ethyl adjacent to an activating group) is 1. The van der Waals surface area contributed by atoms with Gasteiger partial charge in [0.2, 0.25) is 0 Å². The number of likely N-dealkylation sites (tertiary alicyclic amines) is 1. The molecular weight excluding hydrogens is 216 g/mol. The van der Waals surface area contributed by atoms with Crippen LogP contribution in [0, 0.1) is 0 Å². The summed E-state index contributed by atoms with van der Waals surface area (Å²) in [6.45, 7) is 0.618. The molecule has 1 heterocycles. The van der Waals surface area contributed by atoms with Crippen molar-refractivity contribution >= 4 is 6.09 Å². The van der Waals surface area contributed by atoms with E-state index in [2.05, 4.69) is 5.32 Å². The third kappa shape index (κ3) is 2.42. The second-order valence-electron chi connectivity index (χ2n) is 4.37. The Kier molecular flexibility index (Phi) is 3.64. The summed E-state index contributed by atoms with van der Waals surface area (Å²) in [6, 6.07) is 9.97. The number of hydrogen-bond donors (Lipinski definition) is 2. The minimum atomic E-state index is -0.834. The molecule has 2 N–H and O–H groups in total. The van der Waals surface area contributed by atoms with Crippen LogP contribution in [0.2, 0.25) is 0 Å². The second kappa shape index (κ2) is 5.19. The standard InChI is InChI=1S/C13H18N2O2/c1-14-11-8-5-9-15(13(16)17)12(11)10-6-3-2-4-7-10/h2-4,6-7,11-12,14H,5,8-9H2,1H3,(H,16,17)/t11-,12+/m1/s1. The number of benzene rings is 1. The average molecular weight is 234 g/mol. The number of hydrogen-bond acceptors (Lipinski definition) is 2. The van der Waals surface area contributed by atoms with Gasteiger partial charge in [0.25, 0.3) is 0 Å². The highest BCUT2D eigenvalue weighted by molar-refractivity contribution is 5.66. The normalized spacial score (nSPS) is 24.6. The molecule has 0 aliphatic carbocycles. The Labute approximate surface area is 101 Å². The highest BCUT2D eigenvalue weighted by Crippen LogP contribution is 2.30. The summed E-state index contributed by atoms with van der Waals surface area (Å²) in [5, 5.41) is 12.5. The minimum Gasteiger partial charge on any atom is -0.465 e. The fraction of sp³-hybridized carbons (Fsp3) is 0.462.